The maximum Gasteiger partial charge on any atom is 0.336 e. The summed E-state index contributed by atoms with van der Waals surface area (Å²) in [6.07, 6.45) is 5.95. The van der Waals surface area contributed by atoms with Crippen molar-refractivity contribution in [3.05, 3.63) is 24.0 Å². The summed E-state index contributed by atoms with van der Waals surface area (Å²) in [5.74, 6) is -1.01. The van der Waals surface area contributed by atoms with Crippen LogP contribution in [0.2, 0.25) is 0 Å². The summed E-state index contributed by atoms with van der Waals surface area (Å²) in [6, 6.07) is 0. The largest absolute Gasteiger partial charge is 0.466 e. The first-order valence-corrected chi connectivity index (χ1v) is 4.74. The smallest absolute Gasteiger partial charge is 0.336 e. The molecule has 0 rings (SSSR count). The fraction of sp³-hybridized carbons (Fsp3) is 0.455. The quantitative estimate of drug-likeness (QED) is 0.397. The van der Waals surface area contributed by atoms with Crippen LogP contribution in [-0.4, -0.2) is 19.0 Å². The predicted octanol–water partition coefficient (Wildman–Crippen LogP) is 1.96. The minimum atomic E-state index is -0.514. The third-order valence-corrected chi connectivity index (χ3v) is 1.57. The lowest BCUT2D eigenvalue weighted by Gasteiger charge is -1.98. The van der Waals surface area contributed by atoms with E-state index in [-0.39, 0.29) is 5.57 Å². The minimum absolute atomic E-state index is 0.245. The molecule has 4 nitrogen and oxygen atoms in total. The van der Waals surface area contributed by atoms with Gasteiger partial charge in [-0.3, -0.25) is 0 Å². The van der Waals surface area contributed by atoms with Crippen molar-refractivity contribution in [2.75, 3.05) is 7.11 Å². The zero-order valence-corrected chi connectivity index (χ0v) is 9.28. The Hall–Kier alpha value is -1.58. The van der Waals surface area contributed by atoms with E-state index in [4.69, 9.17) is 0 Å². The van der Waals surface area contributed by atoms with Gasteiger partial charge in [0.25, 0.3) is 0 Å². The van der Waals surface area contributed by atoms with Gasteiger partial charge in [-0.25, -0.2) is 9.59 Å². The summed E-state index contributed by atoms with van der Waals surface area (Å²) in [4.78, 5) is 21.9. The average molecular weight is 212 g/mol. The molecular weight excluding hydrogens is 196 g/mol. The van der Waals surface area contributed by atoms with E-state index in [1.807, 2.05) is 6.92 Å². The van der Waals surface area contributed by atoms with Gasteiger partial charge < -0.3 is 9.47 Å². The number of esters is 2. The number of carbonyl (C=O) groups is 2. The van der Waals surface area contributed by atoms with E-state index in [0.29, 0.717) is 0 Å². The van der Waals surface area contributed by atoms with E-state index >= 15 is 0 Å². The first-order valence-electron chi connectivity index (χ1n) is 4.74. The van der Waals surface area contributed by atoms with Gasteiger partial charge in [0.05, 0.1) is 12.7 Å². The van der Waals surface area contributed by atoms with Crippen molar-refractivity contribution < 1.29 is 19.1 Å². The summed E-state index contributed by atoms with van der Waals surface area (Å²) in [5, 5.41) is 0. The Morgan fingerprint density at radius 2 is 2.00 bits per heavy atom. The molecule has 0 saturated heterocycles. The summed E-state index contributed by atoms with van der Waals surface area (Å²) < 4.78 is 9.11. The van der Waals surface area contributed by atoms with Crippen LogP contribution in [0.3, 0.4) is 0 Å². The zero-order valence-electron chi connectivity index (χ0n) is 9.28. The Kier molecular flexibility index (Phi) is 6.97. The molecule has 0 N–H and O–H groups in total. The highest BCUT2D eigenvalue weighted by Gasteiger charge is 2.03. The Morgan fingerprint density at radius 1 is 1.33 bits per heavy atom. The number of hydrogen-bond donors (Lipinski definition) is 0. The van der Waals surface area contributed by atoms with Crippen molar-refractivity contribution in [3.8, 4) is 0 Å². The highest BCUT2D eigenvalue weighted by atomic mass is 16.5. The van der Waals surface area contributed by atoms with Crippen LogP contribution in [0.25, 0.3) is 0 Å². The second-order valence-electron chi connectivity index (χ2n) is 2.92. The van der Waals surface area contributed by atoms with Crippen LogP contribution in [0.15, 0.2) is 24.0 Å². The Bertz CT molecular complexity index is 276. The standard InChI is InChI=1S/C11H16O4/c1-4-5-6-7-10(12)15-8-9(2)11(13)14-3/h6-8H,4-5H2,1-3H3. The Balaban J connectivity index is 4.03. The minimum Gasteiger partial charge on any atom is -0.466 e. The van der Waals surface area contributed by atoms with Gasteiger partial charge in [-0.15, -0.1) is 0 Å². The molecule has 0 fully saturated rings. The van der Waals surface area contributed by atoms with Gasteiger partial charge in [0.1, 0.15) is 6.26 Å². The number of ether oxygens (including phenoxy) is 2. The molecular formula is C11H16O4. The molecule has 0 aromatic heterocycles. The third-order valence-electron chi connectivity index (χ3n) is 1.57. The molecule has 4 heteroatoms. The van der Waals surface area contributed by atoms with Gasteiger partial charge in [0.15, 0.2) is 0 Å². The molecule has 0 aliphatic rings. The van der Waals surface area contributed by atoms with Gasteiger partial charge in [-0.1, -0.05) is 19.4 Å². The van der Waals surface area contributed by atoms with E-state index in [1.165, 1.54) is 20.1 Å². The highest BCUT2D eigenvalue weighted by molar-refractivity contribution is 5.88. The first kappa shape index (κ1) is 13.4. The van der Waals surface area contributed by atoms with E-state index in [2.05, 4.69) is 9.47 Å². The predicted molar refractivity (Wildman–Crippen MR) is 55.9 cm³/mol. The van der Waals surface area contributed by atoms with Crippen LogP contribution in [-0.2, 0) is 19.1 Å². The Morgan fingerprint density at radius 3 is 2.53 bits per heavy atom. The molecule has 0 aromatic rings. The number of hydrogen-bond acceptors (Lipinski definition) is 4. The second kappa shape index (κ2) is 7.79. The highest BCUT2D eigenvalue weighted by Crippen LogP contribution is 1.97. The van der Waals surface area contributed by atoms with Crippen LogP contribution in [0.1, 0.15) is 26.7 Å². The van der Waals surface area contributed by atoms with Crippen LogP contribution in [0, 0.1) is 0 Å². The van der Waals surface area contributed by atoms with Crippen LogP contribution >= 0.6 is 0 Å². The summed E-state index contributed by atoms with van der Waals surface area (Å²) in [5.41, 5.74) is 0.245. The molecule has 0 unspecified atom stereocenters. The lowest BCUT2D eigenvalue weighted by molar-refractivity contribution is -0.136. The molecule has 0 radical (unpaired) electrons. The van der Waals surface area contributed by atoms with E-state index in [0.717, 1.165) is 19.1 Å². The fourth-order valence-electron chi connectivity index (χ4n) is 0.741. The van der Waals surface area contributed by atoms with Gasteiger partial charge in [-0.2, -0.15) is 0 Å². The molecule has 0 bridgehead atoms. The molecule has 0 saturated carbocycles. The average Bonchev–Trinajstić information content (AvgIpc) is 2.25. The number of unbranched alkanes of at least 4 members (excludes halogenated alkanes) is 1. The summed E-state index contributed by atoms with van der Waals surface area (Å²) in [7, 11) is 1.27. The van der Waals surface area contributed by atoms with Gasteiger partial charge in [-0.05, 0) is 13.3 Å². The SMILES string of the molecule is CCCC=CC(=O)OC=C(C)C(=O)OC. The van der Waals surface area contributed by atoms with Crippen molar-refractivity contribution in [3.63, 3.8) is 0 Å². The Labute approximate surface area is 89.6 Å². The van der Waals surface area contributed by atoms with Gasteiger partial charge in [0, 0.05) is 6.08 Å². The first-order chi connectivity index (χ1) is 7.11. The number of allylic oxidation sites excluding steroid dienone is 1. The van der Waals surface area contributed by atoms with Crippen LogP contribution < -0.4 is 0 Å². The summed E-state index contributed by atoms with van der Waals surface area (Å²) in [6.45, 7) is 3.52. The summed E-state index contributed by atoms with van der Waals surface area (Å²) >= 11 is 0. The van der Waals surface area contributed by atoms with Gasteiger partial charge >= 0.3 is 11.9 Å². The molecule has 0 aliphatic carbocycles. The normalized spacial score (nSPS) is 11.5. The third kappa shape index (κ3) is 6.49. The van der Waals surface area contributed by atoms with Crippen molar-refractivity contribution in [2.45, 2.75) is 26.7 Å². The zero-order chi connectivity index (χ0) is 11.7. The molecule has 0 heterocycles. The van der Waals surface area contributed by atoms with Gasteiger partial charge in [0.2, 0.25) is 0 Å². The maximum absolute atomic E-state index is 11.0. The van der Waals surface area contributed by atoms with Crippen LogP contribution in [0.5, 0.6) is 0 Å². The van der Waals surface area contributed by atoms with E-state index in [1.54, 1.807) is 6.08 Å². The molecule has 0 amide bonds. The number of rotatable bonds is 5. The van der Waals surface area contributed by atoms with E-state index < -0.39 is 11.9 Å². The molecule has 0 aliphatic heterocycles. The molecule has 0 spiro atoms. The second-order valence-corrected chi connectivity index (χ2v) is 2.92. The maximum atomic E-state index is 11.0. The lowest BCUT2D eigenvalue weighted by atomic mass is 10.3. The van der Waals surface area contributed by atoms with Crippen molar-refractivity contribution >= 4 is 11.9 Å². The lowest BCUT2D eigenvalue weighted by Crippen LogP contribution is -2.03. The number of methoxy groups -OCH3 is 1. The fourth-order valence-corrected chi connectivity index (χ4v) is 0.741. The van der Waals surface area contributed by atoms with Crippen molar-refractivity contribution in [1.29, 1.82) is 0 Å². The van der Waals surface area contributed by atoms with Crippen LogP contribution in [0.4, 0.5) is 0 Å². The van der Waals surface area contributed by atoms with Crippen molar-refractivity contribution in [2.24, 2.45) is 0 Å². The molecule has 15 heavy (non-hydrogen) atoms. The van der Waals surface area contributed by atoms with E-state index in [9.17, 15) is 9.59 Å². The molecule has 84 valence electrons. The van der Waals surface area contributed by atoms with Crippen molar-refractivity contribution in [1.82, 2.24) is 0 Å². The molecule has 0 aromatic carbocycles. The molecule has 0 atom stereocenters. The number of carbonyl (C=O) groups excluding carboxylic acids is 2. The monoisotopic (exact) mass is 212 g/mol. The topological polar surface area (TPSA) is 52.6 Å².